The molecule has 100 valence electrons. The van der Waals surface area contributed by atoms with Gasteiger partial charge in [-0.15, -0.1) is 0 Å². The van der Waals surface area contributed by atoms with Crippen LogP contribution in [0.4, 0.5) is 13.2 Å². The number of hydrogen-bond acceptors (Lipinski definition) is 1. The molecule has 2 rings (SSSR count). The molecule has 1 aliphatic rings. The van der Waals surface area contributed by atoms with Gasteiger partial charge in [-0.05, 0) is 50.3 Å². The summed E-state index contributed by atoms with van der Waals surface area (Å²) in [4.78, 5) is 0. The molecule has 0 N–H and O–H groups in total. The Morgan fingerprint density at radius 3 is 2.33 bits per heavy atom. The highest BCUT2D eigenvalue weighted by Gasteiger charge is 2.41. The third-order valence-electron chi connectivity index (χ3n) is 3.43. The molecule has 0 bridgehead atoms. The minimum Gasteiger partial charge on any atom is -0.490 e. The lowest BCUT2D eigenvalue weighted by atomic mass is 9.87. The molecule has 0 amide bonds. The van der Waals surface area contributed by atoms with Crippen LogP contribution in [0.25, 0.3) is 0 Å². The monoisotopic (exact) mass is 258 g/mol. The van der Waals surface area contributed by atoms with Crippen molar-refractivity contribution in [3.05, 3.63) is 29.8 Å². The smallest absolute Gasteiger partial charge is 0.391 e. The number of aryl methyl sites for hydroxylation is 1. The first kappa shape index (κ1) is 13.2. The Kier molecular flexibility index (Phi) is 3.83. The van der Waals surface area contributed by atoms with Crippen molar-refractivity contribution >= 4 is 0 Å². The molecule has 0 aliphatic heterocycles. The van der Waals surface area contributed by atoms with Crippen molar-refractivity contribution in [1.29, 1.82) is 0 Å². The fourth-order valence-corrected chi connectivity index (χ4v) is 2.39. The molecule has 0 atom stereocenters. The molecular weight excluding hydrogens is 241 g/mol. The van der Waals surface area contributed by atoms with Gasteiger partial charge in [0.25, 0.3) is 0 Å². The van der Waals surface area contributed by atoms with E-state index in [1.807, 2.05) is 31.2 Å². The summed E-state index contributed by atoms with van der Waals surface area (Å²) in [5.74, 6) is -0.389. The molecule has 0 radical (unpaired) electrons. The van der Waals surface area contributed by atoms with Crippen LogP contribution >= 0.6 is 0 Å². The van der Waals surface area contributed by atoms with Crippen LogP contribution in [0.5, 0.6) is 5.75 Å². The van der Waals surface area contributed by atoms with Crippen LogP contribution in [0.3, 0.4) is 0 Å². The molecule has 1 fully saturated rings. The van der Waals surface area contributed by atoms with Gasteiger partial charge in [-0.2, -0.15) is 13.2 Å². The minimum absolute atomic E-state index is 0.0783. The second-order valence-electron chi connectivity index (χ2n) is 4.95. The summed E-state index contributed by atoms with van der Waals surface area (Å²) in [6.07, 6.45) is -2.80. The van der Waals surface area contributed by atoms with Gasteiger partial charge >= 0.3 is 6.18 Å². The summed E-state index contributed by atoms with van der Waals surface area (Å²) in [7, 11) is 0. The fourth-order valence-electron chi connectivity index (χ4n) is 2.39. The highest BCUT2D eigenvalue weighted by Crippen LogP contribution is 2.38. The van der Waals surface area contributed by atoms with E-state index < -0.39 is 12.1 Å². The number of rotatable bonds is 2. The maximum atomic E-state index is 12.5. The van der Waals surface area contributed by atoms with Crippen molar-refractivity contribution < 1.29 is 17.9 Å². The Bertz CT molecular complexity index is 392. The summed E-state index contributed by atoms with van der Waals surface area (Å²) in [6.45, 7) is 1.97. The van der Waals surface area contributed by atoms with Gasteiger partial charge in [-0.3, -0.25) is 0 Å². The van der Waals surface area contributed by atoms with Crippen LogP contribution in [0.15, 0.2) is 24.3 Å². The summed E-state index contributed by atoms with van der Waals surface area (Å²) in [5, 5.41) is 0. The Labute approximate surface area is 105 Å². The van der Waals surface area contributed by atoms with E-state index in [0.717, 1.165) is 11.3 Å². The molecular formula is C14H17F3O. The maximum Gasteiger partial charge on any atom is 0.391 e. The first-order valence-electron chi connectivity index (χ1n) is 6.25. The zero-order chi connectivity index (χ0) is 13.2. The lowest BCUT2D eigenvalue weighted by Crippen LogP contribution is -2.31. The van der Waals surface area contributed by atoms with Gasteiger partial charge in [0.15, 0.2) is 0 Å². The second-order valence-corrected chi connectivity index (χ2v) is 4.95. The van der Waals surface area contributed by atoms with Crippen molar-refractivity contribution in [3.63, 3.8) is 0 Å². The number of benzene rings is 1. The standard InChI is InChI=1S/C14H17F3O/c1-10-3-2-4-13(9-10)18-12-7-5-11(6-8-12)14(15,16)17/h2-4,9,11-12H,5-8H2,1H3. The zero-order valence-electron chi connectivity index (χ0n) is 10.3. The van der Waals surface area contributed by atoms with Crippen LogP contribution in [0.1, 0.15) is 31.2 Å². The van der Waals surface area contributed by atoms with Gasteiger partial charge in [-0.1, -0.05) is 12.1 Å². The van der Waals surface area contributed by atoms with E-state index in [2.05, 4.69) is 0 Å². The fraction of sp³-hybridized carbons (Fsp3) is 0.571. The Morgan fingerprint density at radius 1 is 1.11 bits per heavy atom. The molecule has 0 aromatic heterocycles. The average molecular weight is 258 g/mol. The van der Waals surface area contributed by atoms with Crippen LogP contribution in [0.2, 0.25) is 0 Å². The van der Waals surface area contributed by atoms with E-state index >= 15 is 0 Å². The Balaban J connectivity index is 1.87. The van der Waals surface area contributed by atoms with Crippen LogP contribution in [-0.2, 0) is 0 Å². The van der Waals surface area contributed by atoms with Gasteiger partial charge in [0.1, 0.15) is 5.75 Å². The van der Waals surface area contributed by atoms with Crippen molar-refractivity contribution in [2.45, 2.75) is 44.9 Å². The number of halogens is 3. The number of alkyl halides is 3. The average Bonchev–Trinajstić information content (AvgIpc) is 2.28. The van der Waals surface area contributed by atoms with Crippen LogP contribution < -0.4 is 4.74 Å². The minimum atomic E-state index is -4.05. The van der Waals surface area contributed by atoms with E-state index in [4.69, 9.17) is 4.74 Å². The summed E-state index contributed by atoms with van der Waals surface area (Å²) < 4.78 is 43.3. The predicted octanol–water partition coefficient (Wildman–Crippen LogP) is 4.49. The third-order valence-corrected chi connectivity index (χ3v) is 3.43. The quantitative estimate of drug-likeness (QED) is 0.759. The molecule has 0 saturated heterocycles. The normalized spacial score (nSPS) is 24.9. The first-order chi connectivity index (χ1) is 8.45. The summed E-state index contributed by atoms with van der Waals surface area (Å²) in [6, 6.07) is 7.62. The SMILES string of the molecule is Cc1cccc(OC2CCC(C(F)(F)F)CC2)c1. The molecule has 4 heteroatoms. The van der Waals surface area contributed by atoms with Gasteiger partial charge < -0.3 is 4.74 Å². The Morgan fingerprint density at radius 2 is 1.78 bits per heavy atom. The lowest BCUT2D eigenvalue weighted by Gasteiger charge is -2.30. The third kappa shape index (κ3) is 3.40. The van der Waals surface area contributed by atoms with E-state index in [0.29, 0.717) is 12.8 Å². The van der Waals surface area contributed by atoms with Gasteiger partial charge in [0, 0.05) is 0 Å². The second kappa shape index (κ2) is 5.21. The van der Waals surface area contributed by atoms with E-state index in [-0.39, 0.29) is 18.9 Å². The zero-order valence-corrected chi connectivity index (χ0v) is 10.3. The Hall–Kier alpha value is -1.19. The molecule has 0 heterocycles. The van der Waals surface area contributed by atoms with Gasteiger partial charge in [0.2, 0.25) is 0 Å². The summed E-state index contributed by atoms with van der Waals surface area (Å²) >= 11 is 0. The first-order valence-corrected chi connectivity index (χ1v) is 6.25. The van der Waals surface area contributed by atoms with Crippen molar-refractivity contribution in [2.75, 3.05) is 0 Å². The topological polar surface area (TPSA) is 9.23 Å². The predicted molar refractivity (Wildman–Crippen MR) is 63.6 cm³/mol. The molecule has 0 spiro atoms. The lowest BCUT2D eigenvalue weighted by molar-refractivity contribution is -0.185. The van der Waals surface area contributed by atoms with Crippen LogP contribution in [0, 0.1) is 12.8 Å². The molecule has 1 saturated carbocycles. The largest absolute Gasteiger partial charge is 0.490 e. The molecule has 1 nitrogen and oxygen atoms in total. The molecule has 18 heavy (non-hydrogen) atoms. The number of ether oxygens (including phenoxy) is 1. The van der Waals surface area contributed by atoms with Crippen molar-refractivity contribution in [2.24, 2.45) is 5.92 Å². The molecule has 1 aromatic carbocycles. The maximum absolute atomic E-state index is 12.5. The van der Waals surface area contributed by atoms with Crippen molar-refractivity contribution in [1.82, 2.24) is 0 Å². The van der Waals surface area contributed by atoms with E-state index in [1.54, 1.807) is 0 Å². The van der Waals surface area contributed by atoms with Crippen molar-refractivity contribution in [3.8, 4) is 5.75 Å². The number of hydrogen-bond donors (Lipinski definition) is 0. The van der Waals surface area contributed by atoms with E-state index in [9.17, 15) is 13.2 Å². The highest BCUT2D eigenvalue weighted by molar-refractivity contribution is 5.27. The van der Waals surface area contributed by atoms with Gasteiger partial charge in [-0.25, -0.2) is 0 Å². The van der Waals surface area contributed by atoms with Crippen LogP contribution in [-0.4, -0.2) is 12.3 Å². The molecule has 0 unspecified atom stereocenters. The van der Waals surface area contributed by atoms with Gasteiger partial charge in [0.05, 0.1) is 12.0 Å². The van der Waals surface area contributed by atoms with E-state index in [1.165, 1.54) is 0 Å². The molecule has 1 aromatic rings. The molecule has 1 aliphatic carbocycles. The summed E-state index contributed by atoms with van der Waals surface area (Å²) in [5.41, 5.74) is 1.09. The highest BCUT2D eigenvalue weighted by atomic mass is 19.4.